The van der Waals surface area contributed by atoms with Gasteiger partial charge in [0.15, 0.2) is 0 Å². The lowest BCUT2D eigenvalue weighted by Gasteiger charge is -2.31. The number of amides is 1. The van der Waals surface area contributed by atoms with Crippen molar-refractivity contribution in [2.24, 2.45) is 5.41 Å². The van der Waals surface area contributed by atoms with E-state index < -0.39 is 5.41 Å². The molecule has 3 nitrogen and oxygen atoms in total. The summed E-state index contributed by atoms with van der Waals surface area (Å²) in [6, 6.07) is 2.47. The van der Waals surface area contributed by atoms with Crippen molar-refractivity contribution in [2.75, 3.05) is 6.26 Å². The molecule has 1 aliphatic rings. The lowest BCUT2D eigenvalue weighted by atomic mass is 9.82. The summed E-state index contributed by atoms with van der Waals surface area (Å²) in [5, 5.41) is 13.0. The molecule has 18 heavy (non-hydrogen) atoms. The van der Waals surface area contributed by atoms with Crippen LogP contribution in [0.25, 0.3) is 0 Å². The lowest BCUT2D eigenvalue weighted by molar-refractivity contribution is -0.129. The Labute approximate surface area is 115 Å². The second-order valence-corrected chi connectivity index (χ2v) is 6.23. The summed E-state index contributed by atoms with van der Waals surface area (Å²) in [6.07, 6.45) is 7.83. The van der Waals surface area contributed by atoms with Gasteiger partial charge in [0.05, 0.1) is 6.07 Å². The monoisotopic (exact) mass is 268 g/mol. The first-order valence-corrected chi connectivity index (χ1v) is 8.15. The van der Waals surface area contributed by atoms with Crippen molar-refractivity contribution < 1.29 is 4.79 Å². The molecule has 0 aromatic rings. The van der Waals surface area contributed by atoms with Crippen molar-refractivity contribution in [3.8, 4) is 6.07 Å². The number of rotatable bonds is 5. The van der Waals surface area contributed by atoms with Gasteiger partial charge in [-0.05, 0) is 38.4 Å². The molecular weight excluding hydrogens is 244 g/mol. The van der Waals surface area contributed by atoms with Gasteiger partial charge in [0.1, 0.15) is 5.41 Å². The van der Waals surface area contributed by atoms with E-state index in [0.717, 1.165) is 12.8 Å². The lowest BCUT2D eigenvalue weighted by Crippen LogP contribution is -2.46. The fourth-order valence-electron chi connectivity index (χ4n) is 2.59. The summed E-state index contributed by atoms with van der Waals surface area (Å²) in [7, 11) is 0. The Morgan fingerprint density at radius 1 is 1.44 bits per heavy atom. The summed E-state index contributed by atoms with van der Waals surface area (Å²) >= 11 is 1.89. The number of nitrogens with zero attached hydrogens (tertiary/aromatic N) is 1. The van der Waals surface area contributed by atoms with E-state index in [2.05, 4.69) is 17.6 Å². The molecule has 0 saturated heterocycles. The summed E-state index contributed by atoms with van der Waals surface area (Å²) in [5.41, 5.74) is -0.827. The predicted molar refractivity (Wildman–Crippen MR) is 76.3 cm³/mol. The maximum absolute atomic E-state index is 12.3. The number of thioether (sulfide) groups is 1. The van der Waals surface area contributed by atoms with Crippen molar-refractivity contribution >= 4 is 17.7 Å². The van der Waals surface area contributed by atoms with Gasteiger partial charge in [-0.15, -0.1) is 0 Å². The number of nitrogens with one attached hydrogen (secondary N) is 1. The van der Waals surface area contributed by atoms with Crippen LogP contribution < -0.4 is 5.32 Å². The summed E-state index contributed by atoms with van der Waals surface area (Å²) in [6.45, 7) is 3.83. The van der Waals surface area contributed by atoms with Gasteiger partial charge < -0.3 is 5.32 Å². The first-order valence-electron chi connectivity index (χ1n) is 6.86. The molecule has 1 aliphatic carbocycles. The minimum absolute atomic E-state index is 0.0678. The topological polar surface area (TPSA) is 52.9 Å². The zero-order chi connectivity index (χ0) is 13.6. The molecule has 1 N–H and O–H groups in total. The molecule has 1 saturated carbocycles. The molecule has 1 rings (SSSR count). The molecule has 0 aliphatic heterocycles. The molecule has 102 valence electrons. The number of hydrogen-bond donors (Lipinski definition) is 1. The van der Waals surface area contributed by atoms with E-state index in [0.29, 0.717) is 18.1 Å². The number of nitriles is 1. The standard InChI is InChI=1S/C14H24N2OS/c1-4-14(5-2,10-15)13(17)16-11-7-6-8-12(9-11)18-3/h11-12H,4-9H2,1-3H3,(H,16,17). The molecule has 2 atom stereocenters. The van der Waals surface area contributed by atoms with Crippen LogP contribution in [0.4, 0.5) is 0 Å². The Hall–Kier alpha value is -0.690. The van der Waals surface area contributed by atoms with Crippen LogP contribution in [-0.2, 0) is 4.79 Å². The fraction of sp³-hybridized carbons (Fsp3) is 0.857. The summed E-state index contributed by atoms with van der Waals surface area (Å²) in [4.78, 5) is 12.3. The molecule has 4 heteroatoms. The van der Waals surface area contributed by atoms with Crippen LogP contribution in [0.3, 0.4) is 0 Å². The normalized spacial score (nSPS) is 24.3. The van der Waals surface area contributed by atoms with Crippen LogP contribution in [-0.4, -0.2) is 23.5 Å². The van der Waals surface area contributed by atoms with Crippen molar-refractivity contribution in [2.45, 2.75) is 63.7 Å². The quantitative estimate of drug-likeness (QED) is 0.833. The van der Waals surface area contributed by atoms with Crippen LogP contribution >= 0.6 is 11.8 Å². The molecule has 0 radical (unpaired) electrons. The Bertz CT molecular complexity index is 320. The smallest absolute Gasteiger partial charge is 0.240 e. The van der Waals surface area contributed by atoms with E-state index in [4.69, 9.17) is 0 Å². The van der Waals surface area contributed by atoms with Gasteiger partial charge in [0.25, 0.3) is 0 Å². The van der Waals surface area contributed by atoms with E-state index in [1.165, 1.54) is 12.8 Å². The zero-order valence-electron chi connectivity index (χ0n) is 11.7. The summed E-state index contributed by atoms with van der Waals surface area (Å²) in [5.74, 6) is -0.0678. The van der Waals surface area contributed by atoms with Crippen LogP contribution in [0.1, 0.15) is 52.4 Å². The van der Waals surface area contributed by atoms with E-state index in [1.807, 2.05) is 25.6 Å². The maximum Gasteiger partial charge on any atom is 0.240 e. The van der Waals surface area contributed by atoms with E-state index >= 15 is 0 Å². The molecule has 0 heterocycles. The zero-order valence-corrected chi connectivity index (χ0v) is 12.5. The number of carbonyl (C=O) groups excluding carboxylic acids is 1. The van der Waals surface area contributed by atoms with Gasteiger partial charge >= 0.3 is 0 Å². The minimum Gasteiger partial charge on any atom is -0.352 e. The van der Waals surface area contributed by atoms with Crippen molar-refractivity contribution in [3.63, 3.8) is 0 Å². The number of hydrogen-bond acceptors (Lipinski definition) is 3. The Morgan fingerprint density at radius 2 is 2.11 bits per heavy atom. The van der Waals surface area contributed by atoms with E-state index in [1.54, 1.807) is 0 Å². The van der Waals surface area contributed by atoms with Gasteiger partial charge in [-0.25, -0.2) is 0 Å². The molecule has 0 aromatic heterocycles. The molecule has 1 amide bonds. The largest absolute Gasteiger partial charge is 0.352 e. The van der Waals surface area contributed by atoms with Crippen LogP contribution in [0.2, 0.25) is 0 Å². The second kappa shape index (κ2) is 7.04. The molecule has 2 unspecified atom stereocenters. The van der Waals surface area contributed by atoms with Crippen LogP contribution in [0.5, 0.6) is 0 Å². The maximum atomic E-state index is 12.3. The van der Waals surface area contributed by atoms with E-state index in [9.17, 15) is 10.1 Å². The van der Waals surface area contributed by atoms with Crippen LogP contribution in [0, 0.1) is 16.7 Å². The van der Waals surface area contributed by atoms with Gasteiger partial charge in [-0.1, -0.05) is 20.3 Å². The third kappa shape index (κ3) is 3.41. The molecule has 0 aromatic carbocycles. The average Bonchev–Trinajstić information content (AvgIpc) is 2.41. The SMILES string of the molecule is CCC(C#N)(CC)C(=O)NC1CCCC(SC)C1. The molecule has 1 fully saturated rings. The first-order chi connectivity index (χ1) is 8.61. The van der Waals surface area contributed by atoms with Gasteiger partial charge in [-0.3, -0.25) is 4.79 Å². The third-order valence-electron chi connectivity index (χ3n) is 4.15. The first kappa shape index (κ1) is 15.4. The Morgan fingerprint density at radius 3 is 2.61 bits per heavy atom. The predicted octanol–water partition coefficient (Wildman–Crippen LogP) is 3.11. The molecular formula is C14H24N2OS. The van der Waals surface area contributed by atoms with Crippen LogP contribution in [0.15, 0.2) is 0 Å². The highest BCUT2D eigenvalue weighted by Gasteiger charge is 2.36. The minimum atomic E-state index is -0.827. The van der Waals surface area contributed by atoms with Gasteiger partial charge in [0, 0.05) is 11.3 Å². The highest BCUT2D eigenvalue weighted by Crippen LogP contribution is 2.29. The third-order valence-corrected chi connectivity index (χ3v) is 5.25. The van der Waals surface area contributed by atoms with Crippen molar-refractivity contribution in [1.29, 1.82) is 5.26 Å². The number of carbonyl (C=O) groups is 1. The second-order valence-electron chi connectivity index (χ2n) is 5.10. The highest BCUT2D eigenvalue weighted by atomic mass is 32.2. The van der Waals surface area contributed by atoms with Crippen molar-refractivity contribution in [1.82, 2.24) is 5.32 Å². The Kier molecular flexibility index (Phi) is 6.01. The highest BCUT2D eigenvalue weighted by molar-refractivity contribution is 7.99. The van der Waals surface area contributed by atoms with Gasteiger partial charge in [0.2, 0.25) is 5.91 Å². The van der Waals surface area contributed by atoms with Crippen molar-refractivity contribution in [3.05, 3.63) is 0 Å². The summed E-state index contributed by atoms with van der Waals surface area (Å²) < 4.78 is 0. The van der Waals surface area contributed by atoms with E-state index in [-0.39, 0.29) is 11.9 Å². The molecule has 0 spiro atoms. The average molecular weight is 268 g/mol. The Balaban J connectivity index is 2.61. The molecule has 0 bridgehead atoms. The fourth-order valence-corrected chi connectivity index (χ4v) is 3.42. The van der Waals surface area contributed by atoms with Gasteiger partial charge in [-0.2, -0.15) is 17.0 Å².